The van der Waals surface area contributed by atoms with Gasteiger partial charge < -0.3 is 14.6 Å². The highest BCUT2D eigenvalue weighted by Crippen LogP contribution is 2.39. The summed E-state index contributed by atoms with van der Waals surface area (Å²) in [5.41, 5.74) is 0.174. The van der Waals surface area contributed by atoms with Crippen LogP contribution in [-0.2, 0) is 11.3 Å². The van der Waals surface area contributed by atoms with Crippen molar-refractivity contribution in [2.24, 2.45) is 0 Å². The lowest BCUT2D eigenvalue weighted by Crippen LogP contribution is -2.45. The number of hydrogen-bond donors (Lipinski definition) is 1. The van der Waals surface area contributed by atoms with E-state index in [4.69, 9.17) is 9.26 Å². The molecule has 1 aromatic rings. The monoisotopic (exact) mass is 237 g/mol. The van der Waals surface area contributed by atoms with E-state index < -0.39 is 0 Å². The van der Waals surface area contributed by atoms with Gasteiger partial charge in [-0.1, -0.05) is 18.0 Å². The summed E-state index contributed by atoms with van der Waals surface area (Å²) in [5.74, 6) is 0.733. The molecule has 0 radical (unpaired) electrons. The average Bonchev–Trinajstić information content (AvgIpc) is 2.99. The van der Waals surface area contributed by atoms with Gasteiger partial charge in [0.25, 0.3) is 0 Å². The van der Waals surface area contributed by atoms with Gasteiger partial charge in [-0.2, -0.15) is 4.98 Å². The highest BCUT2D eigenvalue weighted by atomic mass is 16.5. The molecule has 1 atom stereocenters. The van der Waals surface area contributed by atoms with Crippen molar-refractivity contribution in [1.29, 1.82) is 0 Å². The van der Waals surface area contributed by atoms with Crippen LogP contribution in [0.3, 0.4) is 0 Å². The minimum absolute atomic E-state index is 0.174. The number of rotatable bonds is 3. The van der Waals surface area contributed by atoms with E-state index in [1.165, 1.54) is 32.1 Å². The second-order valence-electron chi connectivity index (χ2n) is 5.16. The van der Waals surface area contributed by atoms with Crippen LogP contribution >= 0.6 is 0 Å². The molecule has 0 aromatic carbocycles. The Morgan fingerprint density at radius 1 is 1.41 bits per heavy atom. The lowest BCUT2D eigenvalue weighted by molar-refractivity contribution is -0.0838. The van der Waals surface area contributed by atoms with Crippen molar-refractivity contribution in [3.8, 4) is 0 Å². The fraction of sp³-hybridized carbons (Fsp3) is 0.833. The summed E-state index contributed by atoms with van der Waals surface area (Å²) >= 11 is 0. The zero-order valence-corrected chi connectivity index (χ0v) is 10.0. The second-order valence-corrected chi connectivity index (χ2v) is 5.16. The lowest BCUT2D eigenvalue weighted by atomic mass is 9.89. The first-order valence-corrected chi connectivity index (χ1v) is 6.49. The molecule has 1 N–H and O–H groups in total. The quantitative estimate of drug-likeness (QED) is 0.866. The van der Waals surface area contributed by atoms with E-state index in [1.807, 2.05) is 0 Å². The molecule has 1 spiro atoms. The third-order valence-corrected chi connectivity index (χ3v) is 3.96. The summed E-state index contributed by atoms with van der Waals surface area (Å²) in [7, 11) is 0. The number of ether oxygens (including phenoxy) is 1. The first-order chi connectivity index (χ1) is 8.36. The molecule has 5 nitrogen and oxygen atoms in total. The van der Waals surface area contributed by atoms with Crippen LogP contribution in [-0.4, -0.2) is 28.4 Å². The van der Waals surface area contributed by atoms with Crippen LogP contribution in [0.15, 0.2) is 10.9 Å². The van der Waals surface area contributed by atoms with Crippen LogP contribution in [0.2, 0.25) is 0 Å². The average molecular weight is 237 g/mol. The Morgan fingerprint density at radius 3 is 3.06 bits per heavy atom. The van der Waals surface area contributed by atoms with E-state index in [0.29, 0.717) is 12.6 Å². The van der Waals surface area contributed by atoms with Crippen molar-refractivity contribution in [2.45, 2.75) is 56.7 Å². The van der Waals surface area contributed by atoms with Crippen molar-refractivity contribution in [1.82, 2.24) is 15.5 Å². The van der Waals surface area contributed by atoms with Gasteiger partial charge >= 0.3 is 0 Å². The van der Waals surface area contributed by atoms with E-state index in [-0.39, 0.29) is 5.60 Å². The SMILES string of the molecule is c1nc(CNC2CCOC3(CCCC3)C2)no1. The molecule has 1 saturated heterocycles. The second kappa shape index (κ2) is 4.74. The Balaban J connectivity index is 1.53. The minimum atomic E-state index is 0.174. The maximum atomic E-state index is 6.00. The summed E-state index contributed by atoms with van der Waals surface area (Å²) in [6, 6.07) is 0.528. The molecule has 17 heavy (non-hydrogen) atoms. The van der Waals surface area contributed by atoms with E-state index in [0.717, 1.165) is 25.3 Å². The Hall–Kier alpha value is -0.940. The third-order valence-electron chi connectivity index (χ3n) is 3.96. The standard InChI is InChI=1S/C12H19N3O2/c1-2-5-12(4-1)7-10(3-6-16-12)13-8-11-14-9-17-15-11/h9-10,13H,1-8H2. The van der Waals surface area contributed by atoms with Gasteiger partial charge in [-0.25, -0.2) is 0 Å². The van der Waals surface area contributed by atoms with Crippen LogP contribution < -0.4 is 5.32 Å². The fourth-order valence-corrected chi connectivity index (χ4v) is 3.08. The van der Waals surface area contributed by atoms with Gasteiger partial charge in [0.05, 0.1) is 12.1 Å². The predicted octanol–water partition coefficient (Wildman–Crippen LogP) is 1.65. The molecule has 5 heteroatoms. The van der Waals surface area contributed by atoms with Gasteiger partial charge in [-0.3, -0.25) is 0 Å². The van der Waals surface area contributed by atoms with E-state index in [1.54, 1.807) is 0 Å². The molecule has 2 fully saturated rings. The third kappa shape index (κ3) is 2.50. The molecule has 94 valence electrons. The number of nitrogens with one attached hydrogen (secondary N) is 1. The highest BCUT2D eigenvalue weighted by Gasteiger charge is 2.39. The summed E-state index contributed by atoms with van der Waals surface area (Å²) < 4.78 is 10.7. The smallest absolute Gasteiger partial charge is 0.213 e. The molecule has 0 amide bonds. The summed E-state index contributed by atoms with van der Waals surface area (Å²) in [6.45, 7) is 1.57. The minimum Gasteiger partial charge on any atom is -0.375 e. The van der Waals surface area contributed by atoms with Crippen LogP contribution in [0.5, 0.6) is 0 Å². The number of hydrogen-bond acceptors (Lipinski definition) is 5. The van der Waals surface area contributed by atoms with Crippen LogP contribution in [0, 0.1) is 0 Å². The molecule has 1 aromatic heterocycles. The molecular formula is C12H19N3O2. The first kappa shape index (κ1) is 11.2. The van der Waals surface area contributed by atoms with Crippen molar-refractivity contribution in [3.63, 3.8) is 0 Å². The normalized spacial score (nSPS) is 27.6. The van der Waals surface area contributed by atoms with Crippen LogP contribution in [0.4, 0.5) is 0 Å². The Kier molecular flexibility index (Phi) is 3.11. The molecule has 1 unspecified atom stereocenters. The molecule has 1 aliphatic heterocycles. The van der Waals surface area contributed by atoms with Gasteiger partial charge in [0.15, 0.2) is 5.82 Å². The molecule has 2 heterocycles. The first-order valence-electron chi connectivity index (χ1n) is 6.49. The summed E-state index contributed by atoms with van der Waals surface area (Å²) in [5, 5.41) is 7.32. The zero-order chi connectivity index (χ0) is 11.6. The van der Waals surface area contributed by atoms with Crippen molar-refractivity contribution in [2.75, 3.05) is 6.61 Å². The molecule has 1 saturated carbocycles. The molecule has 1 aliphatic carbocycles. The van der Waals surface area contributed by atoms with E-state index >= 15 is 0 Å². The number of nitrogens with zero attached hydrogens (tertiary/aromatic N) is 2. The zero-order valence-electron chi connectivity index (χ0n) is 10.0. The fourth-order valence-electron chi connectivity index (χ4n) is 3.08. The molecule has 2 aliphatic rings. The summed E-state index contributed by atoms with van der Waals surface area (Å²) in [6.07, 6.45) is 8.68. The number of aromatic nitrogens is 2. The maximum absolute atomic E-state index is 6.00. The van der Waals surface area contributed by atoms with Gasteiger partial charge in [0, 0.05) is 12.6 Å². The highest BCUT2D eigenvalue weighted by molar-refractivity contribution is 4.94. The van der Waals surface area contributed by atoms with Gasteiger partial charge in [0.2, 0.25) is 6.39 Å². The van der Waals surface area contributed by atoms with Crippen LogP contribution in [0.25, 0.3) is 0 Å². The van der Waals surface area contributed by atoms with Gasteiger partial charge in [-0.05, 0) is 25.7 Å². The van der Waals surface area contributed by atoms with Crippen LogP contribution in [0.1, 0.15) is 44.3 Å². The Morgan fingerprint density at radius 2 is 2.29 bits per heavy atom. The predicted molar refractivity (Wildman–Crippen MR) is 61.3 cm³/mol. The van der Waals surface area contributed by atoms with Gasteiger partial charge in [-0.15, -0.1) is 0 Å². The van der Waals surface area contributed by atoms with Crippen molar-refractivity contribution < 1.29 is 9.26 Å². The molecule has 3 rings (SSSR count). The molecule has 0 bridgehead atoms. The lowest BCUT2D eigenvalue weighted by Gasteiger charge is -2.38. The Bertz CT molecular complexity index is 347. The maximum Gasteiger partial charge on any atom is 0.213 e. The van der Waals surface area contributed by atoms with E-state index in [9.17, 15) is 0 Å². The topological polar surface area (TPSA) is 60.2 Å². The Labute approximate surface area is 101 Å². The van der Waals surface area contributed by atoms with Crippen molar-refractivity contribution >= 4 is 0 Å². The van der Waals surface area contributed by atoms with Gasteiger partial charge in [0.1, 0.15) is 0 Å². The largest absolute Gasteiger partial charge is 0.375 e. The summed E-state index contributed by atoms with van der Waals surface area (Å²) in [4.78, 5) is 4.02. The molecular weight excluding hydrogens is 218 g/mol. The van der Waals surface area contributed by atoms with Crippen molar-refractivity contribution in [3.05, 3.63) is 12.2 Å². The van der Waals surface area contributed by atoms with E-state index in [2.05, 4.69) is 15.5 Å².